The third-order valence-electron chi connectivity index (χ3n) is 3.30. The lowest BCUT2D eigenvalue weighted by Gasteiger charge is -2.18. The highest BCUT2D eigenvalue weighted by atomic mass is 16.5. The third-order valence-corrected chi connectivity index (χ3v) is 3.30. The molecule has 0 bridgehead atoms. The van der Waals surface area contributed by atoms with Crippen molar-refractivity contribution in [2.75, 3.05) is 13.1 Å². The van der Waals surface area contributed by atoms with Gasteiger partial charge in [-0.05, 0) is 26.3 Å². The summed E-state index contributed by atoms with van der Waals surface area (Å²) < 4.78 is 7.22. The van der Waals surface area contributed by atoms with Gasteiger partial charge in [-0.2, -0.15) is 10.1 Å². The normalized spacial score (nSPS) is 20.2. The number of nitrogens with zero attached hydrogens (tertiary/aromatic N) is 4. The second-order valence-corrected chi connectivity index (χ2v) is 4.58. The van der Waals surface area contributed by atoms with Crippen molar-refractivity contribution in [2.24, 2.45) is 0 Å². The van der Waals surface area contributed by atoms with Gasteiger partial charge in [0.05, 0.1) is 17.7 Å². The minimum atomic E-state index is 0.348. The Hall–Kier alpha value is -1.69. The summed E-state index contributed by atoms with van der Waals surface area (Å²) in [5.74, 6) is 1.72. The SMILES string of the molecule is CCn1cc(-c2noc([C@@H]3CCCNC3)n2)cn1. The van der Waals surface area contributed by atoms with Crippen molar-refractivity contribution in [3.8, 4) is 11.4 Å². The van der Waals surface area contributed by atoms with Crippen LogP contribution in [0.25, 0.3) is 11.4 Å². The van der Waals surface area contributed by atoms with Gasteiger partial charge in [0.15, 0.2) is 0 Å². The summed E-state index contributed by atoms with van der Waals surface area (Å²) in [6.07, 6.45) is 5.99. The van der Waals surface area contributed by atoms with E-state index in [-0.39, 0.29) is 0 Å². The Morgan fingerprint density at radius 1 is 1.56 bits per heavy atom. The van der Waals surface area contributed by atoms with Crippen molar-refractivity contribution in [1.82, 2.24) is 25.2 Å². The molecule has 1 aliphatic heterocycles. The van der Waals surface area contributed by atoms with E-state index in [9.17, 15) is 0 Å². The van der Waals surface area contributed by atoms with E-state index in [2.05, 4.69) is 20.6 Å². The van der Waals surface area contributed by atoms with E-state index in [1.165, 1.54) is 0 Å². The lowest BCUT2D eigenvalue weighted by molar-refractivity contribution is 0.322. The van der Waals surface area contributed by atoms with Crippen LogP contribution in [0.4, 0.5) is 0 Å². The summed E-state index contributed by atoms with van der Waals surface area (Å²) in [5, 5.41) is 11.6. The standard InChI is InChI=1S/C12H17N5O/c1-2-17-8-10(7-14-17)11-15-12(18-16-11)9-4-3-5-13-6-9/h7-9,13H,2-6H2,1H3/t9-/m1/s1. The monoisotopic (exact) mass is 247 g/mol. The van der Waals surface area contributed by atoms with Gasteiger partial charge in [-0.3, -0.25) is 4.68 Å². The molecule has 1 N–H and O–H groups in total. The average Bonchev–Trinajstić information content (AvgIpc) is 3.08. The second kappa shape index (κ2) is 4.89. The molecule has 1 saturated heterocycles. The van der Waals surface area contributed by atoms with Gasteiger partial charge in [-0.15, -0.1) is 0 Å². The van der Waals surface area contributed by atoms with Gasteiger partial charge in [-0.1, -0.05) is 5.16 Å². The Kier molecular flexibility index (Phi) is 3.10. The second-order valence-electron chi connectivity index (χ2n) is 4.58. The Labute approximate surface area is 105 Å². The number of piperidine rings is 1. The predicted molar refractivity (Wildman–Crippen MR) is 66.0 cm³/mol. The highest BCUT2D eigenvalue weighted by molar-refractivity contribution is 5.51. The van der Waals surface area contributed by atoms with Crippen LogP contribution in [0.2, 0.25) is 0 Å². The topological polar surface area (TPSA) is 68.8 Å². The van der Waals surface area contributed by atoms with Crippen LogP contribution in [0.15, 0.2) is 16.9 Å². The molecule has 2 aromatic heterocycles. The lowest BCUT2D eigenvalue weighted by Crippen LogP contribution is -2.28. The molecule has 3 rings (SSSR count). The van der Waals surface area contributed by atoms with Crippen molar-refractivity contribution in [2.45, 2.75) is 32.2 Å². The molecule has 0 unspecified atom stereocenters. The van der Waals surface area contributed by atoms with Crippen LogP contribution in [-0.2, 0) is 6.54 Å². The van der Waals surface area contributed by atoms with E-state index in [4.69, 9.17) is 4.52 Å². The Morgan fingerprint density at radius 2 is 2.50 bits per heavy atom. The fourth-order valence-corrected chi connectivity index (χ4v) is 2.23. The predicted octanol–water partition coefficient (Wildman–Crippen LogP) is 1.42. The van der Waals surface area contributed by atoms with Crippen LogP contribution in [0.5, 0.6) is 0 Å². The first-order valence-electron chi connectivity index (χ1n) is 6.44. The molecule has 1 atom stereocenters. The molecule has 6 nitrogen and oxygen atoms in total. The minimum Gasteiger partial charge on any atom is -0.339 e. The van der Waals surface area contributed by atoms with E-state index in [0.717, 1.165) is 43.9 Å². The van der Waals surface area contributed by atoms with Gasteiger partial charge in [0, 0.05) is 19.3 Å². The van der Waals surface area contributed by atoms with Crippen LogP contribution in [0, 0.1) is 0 Å². The van der Waals surface area contributed by atoms with E-state index in [1.54, 1.807) is 6.20 Å². The molecule has 6 heteroatoms. The minimum absolute atomic E-state index is 0.348. The average molecular weight is 247 g/mol. The van der Waals surface area contributed by atoms with Crippen molar-refractivity contribution < 1.29 is 4.52 Å². The number of aryl methyl sites for hydroxylation is 1. The summed E-state index contributed by atoms with van der Waals surface area (Å²) >= 11 is 0. The van der Waals surface area contributed by atoms with Crippen LogP contribution < -0.4 is 5.32 Å². The number of nitrogens with one attached hydrogen (secondary N) is 1. The molecule has 0 aromatic carbocycles. The van der Waals surface area contributed by atoms with E-state index in [1.807, 2.05) is 17.8 Å². The van der Waals surface area contributed by atoms with Gasteiger partial charge in [0.25, 0.3) is 0 Å². The highest BCUT2D eigenvalue weighted by Gasteiger charge is 2.21. The van der Waals surface area contributed by atoms with Crippen molar-refractivity contribution >= 4 is 0 Å². The van der Waals surface area contributed by atoms with Gasteiger partial charge in [0.2, 0.25) is 11.7 Å². The molecule has 96 valence electrons. The van der Waals surface area contributed by atoms with Gasteiger partial charge in [0.1, 0.15) is 0 Å². The third kappa shape index (κ3) is 2.15. The molecule has 0 aliphatic carbocycles. The molecule has 3 heterocycles. The zero-order chi connectivity index (χ0) is 12.4. The number of rotatable bonds is 3. The summed E-state index contributed by atoms with van der Waals surface area (Å²) in [6, 6.07) is 0. The van der Waals surface area contributed by atoms with Crippen LogP contribution in [-0.4, -0.2) is 33.0 Å². The first-order valence-corrected chi connectivity index (χ1v) is 6.44. The van der Waals surface area contributed by atoms with Crippen LogP contribution >= 0.6 is 0 Å². The summed E-state index contributed by atoms with van der Waals surface area (Å²) in [6.45, 7) is 4.90. The lowest BCUT2D eigenvalue weighted by atomic mass is 10.00. The molecule has 1 aliphatic rings. The smallest absolute Gasteiger partial charge is 0.231 e. The summed E-state index contributed by atoms with van der Waals surface area (Å²) in [7, 11) is 0. The summed E-state index contributed by atoms with van der Waals surface area (Å²) in [5.41, 5.74) is 0.913. The Balaban J connectivity index is 1.79. The fourth-order valence-electron chi connectivity index (χ4n) is 2.23. The zero-order valence-corrected chi connectivity index (χ0v) is 10.5. The van der Waals surface area contributed by atoms with Crippen molar-refractivity contribution in [1.29, 1.82) is 0 Å². The summed E-state index contributed by atoms with van der Waals surface area (Å²) in [4.78, 5) is 4.48. The molecular weight excluding hydrogens is 230 g/mol. The first kappa shape index (κ1) is 11.4. The van der Waals surface area contributed by atoms with Crippen molar-refractivity contribution in [3.05, 3.63) is 18.3 Å². The van der Waals surface area contributed by atoms with Crippen molar-refractivity contribution in [3.63, 3.8) is 0 Å². The first-order chi connectivity index (χ1) is 8.86. The molecule has 18 heavy (non-hydrogen) atoms. The fraction of sp³-hybridized carbons (Fsp3) is 0.583. The van der Waals surface area contributed by atoms with E-state index < -0.39 is 0 Å². The highest BCUT2D eigenvalue weighted by Crippen LogP contribution is 2.24. The molecule has 0 radical (unpaired) electrons. The number of aromatic nitrogens is 4. The van der Waals surface area contributed by atoms with Crippen LogP contribution in [0.3, 0.4) is 0 Å². The molecular formula is C12H17N5O. The van der Waals surface area contributed by atoms with Gasteiger partial charge >= 0.3 is 0 Å². The molecule has 0 saturated carbocycles. The quantitative estimate of drug-likeness (QED) is 0.888. The number of hydrogen-bond donors (Lipinski definition) is 1. The zero-order valence-electron chi connectivity index (χ0n) is 10.5. The van der Waals surface area contributed by atoms with E-state index in [0.29, 0.717) is 11.7 Å². The maximum absolute atomic E-state index is 5.36. The van der Waals surface area contributed by atoms with E-state index >= 15 is 0 Å². The number of hydrogen-bond acceptors (Lipinski definition) is 5. The van der Waals surface area contributed by atoms with Crippen LogP contribution in [0.1, 0.15) is 31.6 Å². The molecule has 1 fully saturated rings. The maximum Gasteiger partial charge on any atom is 0.231 e. The molecule has 2 aromatic rings. The largest absolute Gasteiger partial charge is 0.339 e. The molecule has 0 amide bonds. The van der Waals surface area contributed by atoms with Gasteiger partial charge < -0.3 is 9.84 Å². The maximum atomic E-state index is 5.36. The Bertz CT molecular complexity index is 512. The van der Waals surface area contributed by atoms with Gasteiger partial charge in [-0.25, -0.2) is 0 Å². The molecule has 0 spiro atoms. The Morgan fingerprint density at radius 3 is 3.22 bits per heavy atom.